The second-order valence-corrected chi connectivity index (χ2v) is 4.43. The molecular formula is C13H13ClFN3. The summed E-state index contributed by atoms with van der Waals surface area (Å²) in [5.74, 6) is -0.300. The summed E-state index contributed by atoms with van der Waals surface area (Å²) in [6.45, 7) is 0.477. The third-order valence-electron chi connectivity index (χ3n) is 2.65. The summed E-state index contributed by atoms with van der Waals surface area (Å²) < 4.78 is 13.2. The molecule has 18 heavy (non-hydrogen) atoms. The fourth-order valence-electron chi connectivity index (χ4n) is 1.75. The third kappa shape index (κ3) is 2.71. The summed E-state index contributed by atoms with van der Waals surface area (Å²) >= 11 is 6.03. The van der Waals surface area contributed by atoms with Crippen molar-refractivity contribution in [1.29, 1.82) is 0 Å². The normalized spacial score (nSPS) is 10.4. The first kappa shape index (κ1) is 12.6. The van der Waals surface area contributed by atoms with Gasteiger partial charge in [0.1, 0.15) is 5.82 Å². The Morgan fingerprint density at radius 3 is 2.89 bits per heavy atom. The number of aromatic nitrogens is 1. The Bertz CT molecular complexity index is 560. The maximum absolute atomic E-state index is 13.2. The van der Waals surface area contributed by atoms with E-state index in [2.05, 4.69) is 4.98 Å². The molecular weight excluding hydrogens is 253 g/mol. The summed E-state index contributed by atoms with van der Waals surface area (Å²) in [7, 11) is 1.87. The number of hydrogen-bond acceptors (Lipinski definition) is 3. The minimum Gasteiger partial charge on any atom is -0.396 e. The van der Waals surface area contributed by atoms with E-state index in [-0.39, 0.29) is 5.82 Å². The highest BCUT2D eigenvalue weighted by molar-refractivity contribution is 6.31. The molecule has 0 aliphatic rings. The van der Waals surface area contributed by atoms with Gasteiger partial charge in [-0.05, 0) is 29.8 Å². The minimum atomic E-state index is -0.300. The van der Waals surface area contributed by atoms with Crippen molar-refractivity contribution in [3.05, 3.63) is 53.1 Å². The smallest absolute Gasteiger partial charge is 0.123 e. The van der Waals surface area contributed by atoms with E-state index in [0.717, 1.165) is 11.3 Å². The van der Waals surface area contributed by atoms with Gasteiger partial charge in [0.2, 0.25) is 0 Å². The van der Waals surface area contributed by atoms with Crippen molar-refractivity contribution < 1.29 is 4.39 Å². The van der Waals surface area contributed by atoms with E-state index in [1.807, 2.05) is 18.0 Å². The second-order valence-electron chi connectivity index (χ2n) is 4.03. The Labute approximate surface area is 110 Å². The minimum absolute atomic E-state index is 0.300. The van der Waals surface area contributed by atoms with E-state index in [9.17, 15) is 4.39 Å². The molecule has 0 aliphatic heterocycles. The van der Waals surface area contributed by atoms with Crippen LogP contribution in [0, 0.1) is 5.82 Å². The number of nitrogen functional groups attached to an aromatic ring is 1. The second kappa shape index (κ2) is 5.23. The van der Waals surface area contributed by atoms with Gasteiger partial charge in [0.25, 0.3) is 0 Å². The van der Waals surface area contributed by atoms with Crippen LogP contribution < -0.4 is 10.6 Å². The van der Waals surface area contributed by atoms with Gasteiger partial charge in [-0.15, -0.1) is 0 Å². The highest BCUT2D eigenvalue weighted by Crippen LogP contribution is 2.24. The Hall–Kier alpha value is -1.81. The van der Waals surface area contributed by atoms with Crippen molar-refractivity contribution in [3.8, 4) is 0 Å². The molecule has 0 atom stereocenters. The van der Waals surface area contributed by atoms with Gasteiger partial charge in [-0.3, -0.25) is 4.98 Å². The molecule has 0 fully saturated rings. The molecule has 5 heteroatoms. The zero-order chi connectivity index (χ0) is 13.1. The molecule has 0 unspecified atom stereocenters. The summed E-state index contributed by atoms with van der Waals surface area (Å²) in [4.78, 5) is 5.83. The number of hydrogen-bond donors (Lipinski definition) is 1. The van der Waals surface area contributed by atoms with Crippen LogP contribution in [0.5, 0.6) is 0 Å². The fourth-order valence-corrected chi connectivity index (χ4v) is 1.93. The molecule has 0 bridgehead atoms. The Morgan fingerprint density at radius 2 is 2.17 bits per heavy atom. The van der Waals surface area contributed by atoms with E-state index in [4.69, 9.17) is 17.3 Å². The molecule has 2 N–H and O–H groups in total. The zero-order valence-electron chi connectivity index (χ0n) is 9.90. The highest BCUT2D eigenvalue weighted by Gasteiger charge is 2.09. The van der Waals surface area contributed by atoms with Crippen molar-refractivity contribution in [2.24, 2.45) is 0 Å². The lowest BCUT2D eigenvalue weighted by Crippen LogP contribution is -2.18. The summed E-state index contributed by atoms with van der Waals surface area (Å²) in [5.41, 5.74) is 7.96. The summed E-state index contributed by atoms with van der Waals surface area (Å²) in [6, 6.07) is 6.13. The molecule has 94 valence electrons. The van der Waals surface area contributed by atoms with Gasteiger partial charge >= 0.3 is 0 Å². The molecule has 0 spiro atoms. The average Bonchev–Trinajstić information content (AvgIpc) is 2.34. The third-order valence-corrected chi connectivity index (χ3v) is 3.02. The number of pyridine rings is 1. The first-order valence-electron chi connectivity index (χ1n) is 5.42. The van der Waals surface area contributed by atoms with Crippen molar-refractivity contribution in [2.45, 2.75) is 6.54 Å². The van der Waals surface area contributed by atoms with Crippen LogP contribution in [0.2, 0.25) is 5.02 Å². The molecule has 0 saturated heterocycles. The van der Waals surface area contributed by atoms with Crippen LogP contribution in [0.3, 0.4) is 0 Å². The van der Waals surface area contributed by atoms with Crippen LogP contribution in [0.1, 0.15) is 5.56 Å². The predicted octanol–water partition coefficient (Wildman–Crippen LogP) is 3.09. The molecule has 2 aromatic rings. The largest absolute Gasteiger partial charge is 0.396 e. The lowest BCUT2D eigenvalue weighted by Gasteiger charge is -2.21. The molecule has 2 rings (SSSR count). The fraction of sp³-hybridized carbons (Fsp3) is 0.154. The van der Waals surface area contributed by atoms with Crippen LogP contribution >= 0.6 is 11.6 Å². The standard InChI is InChI=1S/C13H13ClFN3/c1-18(13-4-5-17-7-12(13)16)8-9-6-10(15)2-3-11(9)14/h2-7H,8,16H2,1H3. The highest BCUT2D eigenvalue weighted by atomic mass is 35.5. The zero-order valence-corrected chi connectivity index (χ0v) is 10.7. The number of rotatable bonds is 3. The van der Waals surface area contributed by atoms with Gasteiger partial charge in [-0.2, -0.15) is 0 Å². The summed E-state index contributed by atoms with van der Waals surface area (Å²) in [5, 5.41) is 0.538. The number of nitrogens with two attached hydrogens (primary N) is 1. The quantitative estimate of drug-likeness (QED) is 0.927. The van der Waals surface area contributed by atoms with Crippen molar-refractivity contribution in [3.63, 3.8) is 0 Å². The lowest BCUT2D eigenvalue weighted by atomic mass is 10.2. The number of halogens is 2. The maximum Gasteiger partial charge on any atom is 0.123 e. The van der Waals surface area contributed by atoms with Gasteiger partial charge in [-0.1, -0.05) is 11.6 Å². The molecule has 0 amide bonds. The van der Waals surface area contributed by atoms with Crippen LogP contribution in [-0.4, -0.2) is 12.0 Å². The number of nitrogens with zero attached hydrogens (tertiary/aromatic N) is 2. The van der Waals surface area contributed by atoms with E-state index in [1.54, 1.807) is 18.5 Å². The average molecular weight is 266 g/mol. The van der Waals surface area contributed by atoms with E-state index in [1.165, 1.54) is 12.1 Å². The molecule has 1 heterocycles. The van der Waals surface area contributed by atoms with E-state index >= 15 is 0 Å². The van der Waals surface area contributed by atoms with Gasteiger partial charge in [0, 0.05) is 24.8 Å². The molecule has 1 aromatic carbocycles. The van der Waals surface area contributed by atoms with Crippen LogP contribution in [0.15, 0.2) is 36.7 Å². The number of anilines is 2. The van der Waals surface area contributed by atoms with Crippen LogP contribution in [-0.2, 0) is 6.54 Å². The lowest BCUT2D eigenvalue weighted by molar-refractivity contribution is 0.625. The van der Waals surface area contributed by atoms with Gasteiger partial charge in [0.15, 0.2) is 0 Å². The van der Waals surface area contributed by atoms with E-state index < -0.39 is 0 Å². The van der Waals surface area contributed by atoms with E-state index in [0.29, 0.717) is 17.3 Å². The summed E-state index contributed by atoms with van der Waals surface area (Å²) in [6.07, 6.45) is 3.24. The molecule has 1 aromatic heterocycles. The molecule has 0 saturated carbocycles. The van der Waals surface area contributed by atoms with Crippen LogP contribution in [0.4, 0.5) is 15.8 Å². The Kier molecular flexibility index (Phi) is 3.67. The Balaban J connectivity index is 2.24. The Morgan fingerprint density at radius 1 is 1.39 bits per heavy atom. The van der Waals surface area contributed by atoms with Gasteiger partial charge in [0.05, 0.1) is 17.6 Å². The van der Waals surface area contributed by atoms with Crippen molar-refractivity contribution in [1.82, 2.24) is 4.98 Å². The van der Waals surface area contributed by atoms with Crippen LogP contribution in [0.25, 0.3) is 0 Å². The molecule has 0 aliphatic carbocycles. The monoisotopic (exact) mass is 265 g/mol. The topological polar surface area (TPSA) is 42.2 Å². The van der Waals surface area contributed by atoms with Gasteiger partial charge in [-0.25, -0.2) is 4.39 Å². The first-order chi connectivity index (χ1) is 8.58. The van der Waals surface area contributed by atoms with Crippen molar-refractivity contribution >= 4 is 23.0 Å². The first-order valence-corrected chi connectivity index (χ1v) is 5.80. The maximum atomic E-state index is 13.2. The SMILES string of the molecule is CN(Cc1cc(F)ccc1Cl)c1ccncc1N. The predicted molar refractivity (Wildman–Crippen MR) is 72.2 cm³/mol. The van der Waals surface area contributed by atoms with Crippen molar-refractivity contribution in [2.75, 3.05) is 17.7 Å². The number of benzene rings is 1. The molecule has 3 nitrogen and oxygen atoms in total. The van der Waals surface area contributed by atoms with Gasteiger partial charge < -0.3 is 10.6 Å². The molecule has 0 radical (unpaired) electrons.